The van der Waals surface area contributed by atoms with Gasteiger partial charge >= 0.3 is 0 Å². The molecule has 2 fully saturated rings. The third kappa shape index (κ3) is 2.67. The molecule has 0 radical (unpaired) electrons. The fraction of sp³-hybridized carbons (Fsp3) is 0.857. The van der Waals surface area contributed by atoms with Crippen molar-refractivity contribution in [2.24, 2.45) is 11.1 Å². The molecule has 0 saturated heterocycles. The smallest absolute Gasteiger partial charge is 0.241 e. The number of amides is 2. The summed E-state index contributed by atoms with van der Waals surface area (Å²) >= 11 is 0. The van der Waals surface area contributed by atoms with E-state index in [2.05, 4.69) is 10.6 Å². The van der Waals surface area contributed by atoms with Crippen LogP contribution in [-0.4, -0.2) is 42.7 Å². The van der Waals surface area contributed by atoms with Gasteiger partial charge in [-0.15, -0.1) is 0 Å². The van der Waals surface area contributed by atoms with Crippen LogP contribution < -0.4 is 16.4 Å². The van der Waals surface area contributed by atoms with Crippen molar-refractivity contribution in [3.05, 3.63) is 0 Å². The van der Waals surface area contributed by atoms with Gasteiger partial charge in [0.1, 0.15) is 5.54 Å². The monoisotopic (exact) mass is 283 g/mol. The van der Waals surface area contributed by atoms with Gasteiger partial charge in [-0.1, -0.05) is 13.8 Å². The van der Waals surface area contributed by atoms with E-state index in [1.807, 2.05) is 20.8 Å². The Balaban J connectivity index is 1.83. The lowest BCUT2D eigenvalue weighted by molar-refractivity contribution is -0.170. The fourth-order valence-electron chi connectivity index (χ4n) is 2.65. The Hall–Kier alpha value is -1.14. The predicted octanol–water partition coefficient (Wildman–Crippen LogP) is -0.0863. The van der Waals surface area contributed by atoms with Crippen molar-refractivity contribution < 1.29 is 14.3 Å². The number of rotatable bonds is 6. The van der Waals surface area contributed by atoms with Crippen molar-refractivity contribution in [2.75, 3.05) is 13.2 Å². The lowest BCUT2D eigenvalue weighted by Crippen LogP contribution is -2.76. The molecular weight excluding hydrogens is 258 g/mol. The number of hydrogen-bond donors (Lipinski definition) is 3. The number of ether oxygens (including phenoxy) is 1. The van der Waals surface area contributed by atoms with Crippen molar-refractivity contribution in [3.8, 4) is 0 Å². The molecule has 2 atom stereocenters. The van der Waals surface area contributed by atoms with E-state index in [1.165, 1.54) is 0 Å². The van der Waals surface area contributed by atoms with Crippen molar-refractivity contribution >= 4 is 11.8 Å². The van der Waals surface area contributed by atoms with Gasteiger partial charge in [0, 0.05) is 24.5 Å². The standard InChI is InChI=1S/C14H25N3O3/c1-4-20-10-7-14(15,13(10,2)3)12(19)16-8-11(18)17-9-5-6-9/h9-10H,4-8,15H2,1-3H3,(H,16,19)(H,17,18). The third-order valence-electron chi connectivity index (χ3n) is 4.59. The van der Waals surface area contributed by atoms with E-state index in [0.29, 0.717) is 19.1 Å². The topological polar surface area (TPSA) is 93.4 Å². The maximum absolute atomic E-state index is 12.2. The maximum Gasteiger partial charge on any atom is 0.241 e. The number of nitrogens with one attached hydrogen (secondary N) is 2. The summed E-state index contributed by atoms with van der Waals surface area (Å²) in [6.07, 6.45) is 2.54. The second-order valence-electron chi connectivity index (χ2n) is 6.37. The van der Waals surface area contributed by atoms with E-state index < -0.39 is 11.0 Å². The van der Waals surface area contributed by atoms with Crippen LogP contribution in [0, 0.1) is 5.41 Å². The van der Waals surface area contributed by atoms with Gasteiger partial charge in [0.05, 0.1) is 12.6 Å². The minimum absolute atomic E-state index is 0.0103. The Morgan fingerprint density at radius 1 is 1.35 bits per heavy atom. The van der Waals surface area contributed by atoms with Crippen LogP contribution >= 0.6 is 0 Å². The molecule has 4 N–H and O–H groups in total. The Morgan fingerprint density at radius 3 is 2.50 bits per heavy atom. The zero-order valence-electron chi connectivity index (χ0n) is 12.5. The number of hydrogen-bond acceptors (Lipinski definition) is 4. The van der Waals surface area contributed by atoms with E-state index in [1.54, 1.807) is 0 Å². The van der Waals surface area contributed by atoms with Gasteiger partial charge in [0.25, 0.3) is 0 Å². The highest BCUT2D eigenvalue weighted by molar-refractivity contribution is 5.92. The molecule has 0 aromatic heterocycles. The molecule has 2 amide bonds. The van der Waals surface area contributed by atoms with Crippen LogP contribution in [0.5, 0.6) is 0 Å². The zero-order chi connectivity index (χ0) is 15.0. The normalized spacial score (nSPS) is 31.3. The molecule has 2 aliphatic rings. The molecule has 2 unspecified atom stereocenters. The molecule has 6 nitrogen and oxygen atoms in total. The largest absolute Gasteiger partial charge is 0.378 e. The molecule has 2 rings (SSSR count). The van der Waals surface area contributed by atoms with E-state index in [-0.39, 0.29) is 24.5 Å². The molecule has 6 heteroatoms. The molecule has 0 aromatic carbocycles. The minimum Gasteiger partial charge on any atom is -0.378 e. The first-order valence-corrected chi connectivity index (χ1v) is 7.29. The van der Waals surface area contributed by atoms with Gasteiger partial charge < -0.3 is 21.1 Å². The summed E-state index contributed by atoms with van der Waals surface area (Å²) in [6.45, 7) is 6.38. The van der Waals surface area contributed by atoms with Crippen LogP contribution in [0.2, 0.25) is 0 Å². The fourth-order valence-corrected chi connectivity index (χ4v) is 2.65. The van der Waals surface area contributed by atoms with Gasteiger partial charge in [-0.05, 0) is 19.8 Å². The van der Waals surface area contributed by atoms with E-state index >= 15 is 0 Å². The summed E-state index contributed by atoms with van der Waals surface area (Å²) in [4.78, 5) is 23.8. The second-order valence-corrected chi connectivity index (χ2v) is 6.37. The van der Waals surface area contributed by atoms with Crippen LogP contribution in [0.25, 0.3) is 0 Å². The highest BCUT2D eigenvalue weighted by Gasteiger charge is 2.62. The first kappa shape index (κ1) is 15.3. The summed E-state index contributed by atoms with van der Waals surface area (Å²) in [5, 5.41) is 5.47. The van der Waals surface area contributed by atoms with Crippen LogP contribution in [0.3, 0.4) is 0 Å². The van der Waals surface area contributed by atoms with Gasteiger partial charge in [0.2, 0.25) is 11.8 Å². The summed E-state index contributed by atoms with van der Waals surface area (Å²) in [7, 11) is 0. The third-order valence-corrected chi connectivity index (χ3v) is 4.59. The maximum atomic E-state index is 12.2. The Bertz CT molecular complexity index is 406. The molecule has 0 spiro atoms. The summed E-state index contributed by atoms with van der Waals surface area (Å²) in [5.74, 6) is -0.424. The Kier molecular flexibility index (Phi) is 4.07. The van der Waals surface area contributed by atoms with E-state index in [4.69, 9.17) is 10.5 Å². The highest BCUT2D eigenvalue weighted by atomic mass is 16.5. The van der Waals surface area contributed by atoms with Crippen LogP contribution in [-0.2, 0) is 14.3 Å². The predicted molar refractivity (Wildman–Crippen MR) is 74.9 cm³/mol. The first-order chi connectivity index (χ1) is 9.31. The SMILES string of the molecule is CCOC1CC(N)(C(=O)NCC(=O)NC2CC2)C1(C)C. The summed E-state index contributed by atoms with van der Waals surface area (Å²) in [5.41, 5.74) is 4.82. The van der Waals surface area contributed by atoms with E-state index in [0.717, 1.165) is 12.8 Å². The number of carbonyl (C=O) groups is 2. The van der Waals surface area contributed by atoms with Crippen molar-refractivity contribution in [1.29, 1.82) is 0 Å². The minimum atomic E-state index is -0.966. The molecule has 114 valence electrons. The molecule has 0 aromatic rings. The van der Waals surface area contributed by atoms with Gasteiger partial charge in [-0.25, -0.2) is 0 Å². The molecule has 0 bridgehead atoms. The summed E-state index contributed by atoms with van der Waals surface area (Å²) in [6, 6.07) is 0.300. The molecule has 0 heterocycles. The van der Waals surface area contributed by atoms with Gasteiger partial charge in [0.15, 0.2) is 0 Å². The zero-order valence-corrected chi connectivity index (χ0v) is 12.5. The molecular formula is C14H25N3O3. The van der Waals surface area contributed by atoms with Gasteiger partial charge in [-0.3, -0.25) is 9.59 Å². The van der Waals surface area contributed by atoms with Crippen LogP contribution in [0.15, 0.2) is 0 Å². The number of nitrogens with two attached hydrogens (primary N) is 1. The highest BCUT2D eigenvalue weighted by Crippen LogP contribution is 2.49. The Labute approximate surface area is 119 Å². The molecule has 20 heavy (non-hydrogen) atoms. The average Bonchev–Trinajstić information content (AvgIpc) is 3.19. The summed E-state index contributed by atoms with van der Waals surface area (Å²) < 4.78 is 5.59. The van der Waals surface area contributed by atoms with Crippen LogP contribution in [0.1, 0.15) is 40.0 Å². The quantitative estimate of drug-likeness (QED) is 0.635. The Morgan fingerprint density at radius 2 is 2.00 bits per heavy atom. The lowest BCUT2D eigenvalue weighted by Gasteiger charge is -2.57. The molecule has 2 saturated carbocycles. The second kappa shape index (κ2) is 5.33. The van der Waals surface area contributed by atoms with Crippen molar-refractivity contribution in [3.63, 3.8) is 0 Å². The van der Waals surface area contributed by atoms with Crippen molar-refractivity contribution in [2.45, 2.75) is 57.7 Å². The molecule has 0 aliphatic heterocycles. The number of carbonyl (C=O) groups excluding carboxylic acids is 2. The van der Waals surface area contributed by atoms with Crippen LogP contribution in [0.4, 0.5) is 0 Å². The van der Waals surface area contributed by atoms with Crippen molar-refractivity contribution in [1.82, 2.24) is 10.6 Å². The van der Waals surface area contributed by atoms with Gasteiger partial charge in [-0.2, -0.15) is 0 Å². The lowest BCUT2D eigenvalue weighted by atomic mass is 9.54. The first-order valence-electron chi connectivity index (χ1n) is 7.29. The average molecular weight is 283 g/mol. The molecule has 2 aliphatic carbocycles. The van der Waals surface area contributed by atoms with E-state index in [9.17, 15) is 9.59 Å².